The fourth-order valence-electron chi connectivity index (χ4n) is 5.17. The van der Waals surface area contributed by atoms with Crippen LogP contribution in [0.4, 0.5) is 23.0 Å². The molecule has 0 bridgehead atoms. The van der Waals surface area contributed by atoms with E-state index in [2.05, 4.69) is 31.2 Å². The van der Waals surface area contributed by atoms with Crippen molar-refractivity contribution in [2.75, 3.05) is 59.5 Å². The minimum Gasteiger partial charge on any atom is -0.492 e. The Morgan fingerprint density at radius 2 is 1.80 bits per heavy atom. The number of nitrogens with one attached hydrogen (secondary N) is 5. The van der Waals surface area contributed by atoms with Gasteiger partial charge in [-0.2, -0.15) is 0 Å². The van der Waals surface area contributed by atoms with Crippen LogP contribution in [0, 0.1) is 6.92 Å². The van der Waals surface area contributed by atoms with Gasteiger partial charge in [-0.1, -0.05) is 26.8 Å². The number of aryl methyl sites for hydroxylation is 2. The van der Waals surface area contributed by atoms with Crippen molar-refractivity contribution in [2.45, 2.75) is 33.1 Å². The van der Waals surface area contributed by atoms with Gasteiger partial charge in [0.1, 0.15) is 5.69 Å². The van der Waals surface area contributed by atoms with Gasteiger partial charge in [-0.3, -0.25) is 20.0 Å². The molecular weight excluding hydrogens is 582 g/mol. The first kappa shape index (κ1) is 31.2. The largest absolute Gasteiger partial charge is 0.492 e. The molecule has 0 aliphatic carbocycles. The molecule has 1 fully saturated rings. The number of ether oxygens (including phenoxy) is 1. The number of hydrogen-bond donors (Lipinski definition) is 5. The minimum atomic E-state index is -3.60. The number of rotatable bonds is 8. The van der Waals surface area contributed by atoms with Gasteiger partial charge in [0.15, 0.2) is 5.75 Å². The van der Waals surface area contributed by atoms with Crippen LogP contribution in [-0.4, -0.2) is 63.4 Å². The number of methoxy groups -OCH3 is 1. The van der Waals surface area contributed by atoms with Crippen LogP contribution in [0.5, 0.6) is 5.75 Å². The molecule has 1 amide bonds. The summed E-state index contributed by atoms with van der Waals surface area (Å²) in [6.45, 7) is 11.6. The molecular formula is C30H41N9O4S. The van der Waals surface area contributed by atoms with E-state index in [1.54, 1.807) is 18.2 Å². The molecule has 1 saturated heterocycles. The number of carbonyl (C=O) groups excluding carboxylic acids is 1. The molecule has 2 aromatic carbocycles. The monoisotopic (exact) mass is 623 g/mol. The minimum absolute atomic E-state index is 0.220. The molecule has 5 rings (SSSR count). The van der Waals surface area contributed by atoms with Crippen LogP contribution >= 0.6 is 0 Å². The maximum Gasteiger partial charge on any atom is 0.255 e. The summed E-state index contributed by atoms with van der Waals surface area (Å²) >= 11 is 0. The molecule has 5 N–H and O–H groups in total. The van der Waals surface area contributed by atoms with E-state index < -0.39 is 10.0 Å². The number of anilines is 4. The predicted molar refractivity (Wildman–Crippen MR) is 174 cm³/mol. The molecule has 13 nitrogen and oxygen atoms in total. The average molecular weight is 624 g/mol. The van der Waals surface area contributed by atoms with Crippen LogP contribution in [-0.2, 0) is 22.5 Å². The van der Waals surface area contributed by atoms with Gasteiger partial charge in [-0.15, -0.1) is 5.53 Å². The summed E-state index contributed by atoms with van der Waals surface area (Å²) in [6, 6.07) is 8.95. The van der Waals surface area contributed by atoms with Crippen molar-refractivity contribution in [3.05, 3.63) is 65.1 Å². The maximum absolute atomic E-state index is 13.6. The standard InChI is InChI=1S/C30H41N9O4S/c1-19-8-9-20(28(40)32-22-15-21(30(2,3)4)16-23(27(22)43-6)35-44(7,41)42)14-26(19)39-18-25(34-36-39)24-17-37(5)29(33-24)38-12-10-31-11-13-38/h8-9,14-18,31,34-36H,10-13H2,1-7H3,(H,32,40). The van der Waals surface area contributed by atoms with Crippen LogP contribution in [0.2, 0.25) is 0 Å². The van der Waals surface area contributed by atoms with Crippen molar-refractivity contribution >= 4 is 44.6 Å². The summed E-state index contributed by atoms with van der Waals surface area (Å²) in [5, 5.41) is 8.12. The summed E-state index contributed by atoms with van der Waals surface area (Å²) in [5.41, 5.74) is 11.2. The molecule has 0 atom stereocenters. The normalized spacial score (nSPS) is 15.6. The summed E-state index contributed by atoms with van der Waals surface area (Å²) < 4.78 is 34.3. The topological polar surface area (TPSA) is 145 Å². The van der Waals surface area contributed by atoms with E-state index in [9.17, 15) is 13.2 Å². The molecule has 0 saturated carbocycles. The van der Waals surface area contributed by atoms with Crippen molar-refractivity contribution in [3.63, 3.8) is 0 Å². The molecule has 236 valence electrons. The number of sulfonamides is 1. The third kappa shape index (κ3) is 6.77. The van der Waals surface area contributed by atoms with Crippen LogP contribution < -0.4 is 41.0 Å². The quantitative estimate of drug-likeness (QED) is 0.254. The van der Waals surface area contributed by atoms with Crippen molar-refractivity contribution in [1.82, 2.24) is 25.8 Å². The van der Waals surface area contributed by atoms with Crippen LogP contribution in [0.25, 0.3) is 5.70 Å². The highest BCUT2D eigenvalue weighted by atomic mass is 32.2. The molecule has 2 aliphatic heterocycles. The van der Waals surface area contributed by atoms with E-state index in [4.69, 9.17) is 9.72 Å². The van der Waals surface area contributed by atoms with E-state index in [0.717, 1.165) is 66.6 Å². The highest BCUT2D eigenvalue weighted by molar-refractivity contribution is 7.92. The second-order valence-electron chi connectivity index (χ2n) is 12.1. The van der Waals surface area contributed by atoms with Gasteiger partial charge in [0, 0.05) is 45.0 Å². The van der Waals surface area contributed by atoms with E-state index >= 15 is 0 Å². The van der Waals surface area contributed by atoms with E-state index in [1.165, 1.54) is 7.11 Å². The molecule has 3 heterocycles. The fourth-order valence-corrected chi connectivity index (χ4v) is 5.72. The second-order valence-corrected chi connectivity index (χ2v) is 13.9. The van der Waals surface area contributed by atoms with Gasteiger partial charge in [-0.05, 0) is 47.7 Å². The molecule has 2 aliphatic rings. The first-order valence-corrected chi connectivity index (χ1v) is 16.3. The lowest BCUT2D eigenvalue weighted by molar-refractivity contribution is 0.102. The van der Waals surface area contributed by atoms with Crippen molar-refractivity contribution in [2.24, 2.45) is 7.05 Å². The van der Waals surface area contributed by atoms with E-state index in [0.29, 0.717) is 11.3 Å². The first-order valence-electron chi connectivity index (χ1n) is 14.4. The number of amides is 1. The average Bonchev–Trinajstić information content (AvgIpc) is 3.59. The number of nitrogens with zero attached hydrogens (tertiary/aromatic N) is 4. The van der Waals surface area contributed by atoms with Crippen molar-refractivity contribution in [3.8, 4) is 5.75 Å². The summed E-state index contributed by atoms with van der Waals surface area (Å²) in [4.78, 5) is 20.7. The van der Waals surface area contributed by atoms with Crippen LogP contribution in [0.3, 0.4) is 0 Å². The first-order chi connectivity index (χ1) is 20.7. The highest BCUT2D eigenvalue weighted by Crippen LogP contribution is 2.39. The Morgan fingerprint density at radius 3 is 2.45 bits per heavy atom. The number of hydrogen-bond acceptors (Lipinski definition) is 10. The lowest BCUT2D eigenvalue weighted by Crippen LogP contribution is -2.44. The summed E-state index contributed by atoms with van der Waals surface area (Å²) in [7, 11) is -0.171. The lowest BCUT2D eigenvalue weighted by Gasteiger charge is -2.28. The molecule has 1 aromatic heterocycles. The van der Waals surface area contributed by atoms with Crippen LogP contribution in [0.1, 0.15) is 48.0 Å². The Morgan fingerprint density at radius 1 is 1.09 bits per heavy atom. The Labute approximate surface area is 258 Å². The van der Waals surface area contributed by atoms with Gasteiger partial charge < -0.3 is 24.8 Å². The SMILES string of the molecule is COc1c(NC(=O)c2ccc(C)c(N3C=C(c4cn(C)c(N5CCNCC5)n4)NN3)c2)cc(C(C)(C)C)cc1NS(C)(=O)=O. The molecule has 14 heteroatoms. The van der Waals surface area contributed by atoms with Gasteiger partial charge >= 0.3 is 0 Å². The Kier molecular flexibility index (Phi) is 8.51. The lowest BCUT2D eigenvalue weighted by atomic mass is 9.86. The van der Waals surface area contributed by atoms with Crippen LogP contribution in [0.15, 0.2) is 42.7 Å². The summed E-state index contributed by atoms with van der Waals surface area (Å²) in [5.74, 6) is 0.763. The Hall–Kier alpha value is -4.27. The molecule has 0 spiro atoms. The second kappa shape index (κ2) is 12.0. The van der Waals surface area contributed by atoms with Gasteiger partial charge in [0.2, 0.25) is 16.0 Å². The van der Waals surface area contributed by atoms with Gasteiger partial charge in [0.25, 0.3) is 5.91 Å². The van der Waals surface area contributed by atoms with Gasteiger partial charge in [-0.25, -0.2) is 13.4 Å². The third-order valence-electron chi connectivity index (χ3n) is 7.53. The number of aromatic nitrogens is 2. The predicted octanol–water partition coefficient (Wildman–Crippen LogP) is 2.90. The van der Waals surface area contributed by atoms with E-state index in [-0.39, 0.29) is 22.8 Å². The third-order valence-corrected chi connectivity index (χ3v) is 8.12. The van der Waals surface area contributed by atoms with E-state index in [1.807, 2.05) is 68.8 Å². The smallest absolute Gasteiger partial charge is 0.255 e. The van der Waals surface area contributed by atoms with Crippen molar-refractivity contribution in [1.29, 1.82) is 0 Å². The van der Waals surface area contributed by atoms with Crippen molar-refractivity contribution < 1.29 is 17.9 Å². The zero-order valence-corrected chi connectivity index (χ0v) is 27.0. The zero-order valence-electron chi connectivity index (χ0n) is 26.2. The fraction of sp³-hybridized carbons (Fsp3) is 0.400. The summed E-state index contributed by atoms with van der Waals surface area (Å²) in [6.07, 6.45) is 4.97. The number of piperazine rings is 1. The molecule has 44 heavy (non-hydrogen) atoms. The number of hydrazine groups is 2. The Balaban J connectivity index is 1.41. The number of carbonyl (C=O) groups is 1. The maximum atomic E-state index is 13.6. The highest BCUT2D eigenvalue weighted by Gasteiger charge is 2.25. The number of benzene rings is 2. The molecule has 0 radical (unpaired) electrons. The Bertz CT molecular complexity index is 1700. The number of imidazole rings is 1. The zero-order chi connectivity index (χ0) is 31.8. The molecule has 3 aromatic rings. The van der Waals surface area contributed by atoms with Gasteiger partial charge in [0.05, 0.1) is 42.3 Å². The molecule has 0 unspecified atom stereocenters.